The molecule has 2 heterocycles. The van der Waals surface area contributed by atoms with Gasteiger partial charge in [-0.3, -0.25) is 9.48 Å². The molecule has 1 N–H and O–H groups in total. The highest BCUT2D eigenvalue weighted by atomic mass is 79.9. The van der Waals surface area contributed by atoms with Gasteiger partial charge in [0.2, 0.25) is 4.80 Å². The van der Waals surface area contributed by atoms with Crippen LogP contribution in [0, 0.1) is 6.92 Å². The average molecular weight is 625 g/mol. The normalized spacial score (nSPS) is 12.4. The number of para-hydroxylation sites is 1. The fourth-order valence-electron chi connectivity index (χ4n) is 4.86. The first-order valence-corrected chi connectivity index (χ1v) is 14.6. The Hall–Kier alpha value is -4.47. The third-order valence-electron chi connectivity index (χ3n) is 7.11. The minimum atomic E-state index is -0.216. The van der Waals surface area contributed by atoms with Gasteiger partial charge in [-0.2, -0.15) is 5.10 Å². The second kappa shape index (κ2) is 10.8. The minimum Gasteiger partial charge on any atom is -0.507 e. The Kier molecular flexibility index (Phi) is 7.07. The van der Waals surface area contributed by atoms with Gasteiger partial charge in [-0.15, -0.1) is 11.3 Å². The maximum Gasteiger partial charge on any atom is 0.297 e. The summed E-state index contributed by atoms with van der Waals surface area (Å²) < 4.78 is 6.07. The Bertz CT molecular complexity index is 2080. The summed E-state index contributed by atoms with van der Waals surface area (Å²) in [4.78, 5) is 19.1. The number of hydrogen-bond donors (Lipinski definition) is 1. The summed E-state index contributed by atoms with van der Waals surface area (Å²) in [5, 5.41) is 19.8. The van der Waals surface area contributed by atoms with E-state index in [-0.39, 0.29) is 11.3 Å². The molecule has 0 unspecified atom stereocenters. The molecule has 204 valence electrons. The molecule has 0 bridgehead atoms. The molecule has 0 aliphatic rings. The molecule has 9 heteroatoms. The Morgan fingerprint density at radius 1 is 0.927 bits per heavy atom. The van der Waals surface area contributed by atoms with Crippen LogP contribution in [0.25, 0.3) is 27.7 Å². The van der Waals surface area contributed by atoms with Crippen LogP contribution in [0.2, 0.25) is 0 Å². The van der Waals surface area contributed by atoms with Crippen LogP contribution in [0.4, 0.5) is 5.69 Å². The van der Waals surface area contributed by atoms with Crippen molar-refractivity contribution in [3.63, 3.8) is 0 Å². The highest BCUT2D eigenvalue weighted by molar-refractivity contribution is 9.10. The zero-order valence-corrected chi connectivity index (χ0v) is 25.0. The SMILES string of the molecule is CC(=Nn1c(-c2ccccc2Br)csc1=Nc1c(C)n(C)n(-c2ccccc2)c1=O)c1ccc2ccccc2c1O. The first-order chi connectivity index (χ1) is 19.8. The molecule has 6 rings (SSSR count). The number of nitrogens with zero attached hydrogens (tertiary/aromatic N) is 5. The van der Waals surface area contributed by atoms with Crippen LogP contribution in [0.3, 0.4) is 0 Å². The van der Waals surface area contributed by atoms with Gasteiger partial charge in [-0.1, -0.05) is 82.7 Å². The van der Waals surface area contributed by atoms with E-state index < -0.39 is 0 Å². The molecular formula is C32H26BrN5O2S. The van der Waals surface area contributed by atoms with Gasteiger partial charge in [0.15, 0.2) is 5.69 Å². The third-order valence-corrected chi connectivity index (χ3v) is 8.61. The second-order valence-corrected chi connectivity index (χ2v) is 11.3. The largest absolute Gasteiger partial charge is 0.507 e. The van der Waals surface area contributed by atoms with Crippen molar-refractivity contribution < 1.29 is 5.11 Å². The number of aromatic hydroxyl groups is 1. The van der Waals surface area contributed by atoms with E-state index in [9.17, 15) is 9.90 Å². The van der Waals surface area contributed by atoms with E-state index in [0.717, 1.165) is 37.9 Å². The zero-order chi connectivity index (χ0) is 28.7. The Morgan fingerprint density at radius 3 is 2.41 bits per heavy atom. The first kappa shape index (κ1) is 26.7. The lowest BCUT2D eigenvalue weighted by Crippen LogP contribution is -2.20. The third kappa shape index (κ3) is 4.77. The van der Waals surface area contributed by atoms with Gasteiger partial charge in [0.05, 0.1) is 22.8 Å². The van der Waals surface area contributed by atoms with Gasteiger partial charge in [-0.25, -0.2) is 14.4 Å². The van der Waals surface area contributed by atoms with E-state index in [4.69, 9.17) is 10.1 Å². The number of rotatable bonds is 5. The molecule has 0 radical (unpaired) electrons. The number of hydrogen-bond acceptors (Lipinski definition) is 5. The van der Waals surface area contributed by atoms with Gasteiger partial charge >= 0.3 is 0 Å². The smallest absolute Gasteiger partial charge is 0.297 e. The van der Waals surface area contributed by atoms with E-state index in [1.807, 2.05) is 122 Å². The molecule has 0 aliphatic heterocycles. The Morgan fingerprint density at radius 2 is 1.63 bits per heavy atom. The van der Waals surface area contributed by atoms with Crippen molar-refractivity contribution in [3.8, 4) is 22.7 Å². The van der Waals surface area contributed by atoms with Crippen molar-refractivity contribution in [2.75, 3.05) is 0 Å². The maximum atomic E-state index is 13.6. The van der Waals surface area contributed by atoms with Crippen molar-refractivity contribution >= 4 is 49.4 Å². The van der Waals surface area contributed by atoms with Crippen LogP contribution in [0.15, 0.2) is 116 Å². The molecule has 0 spiro atoms. The summed E-state index contributed by atoms with van der Waals surface area (Å²) in [7, 11) is 1.85. The summed E-state index contributed by atoms with van der Waals surface area (Å²) in [5.74, 6) is 0.172. The monoisotopic (exact) mass is 623 g/mol. The van der Waals surface area contributed by atoms with E-state index in [0.29, 0.717) is 21.8 Å². The highest BCUT2D eigenvalue weighted by Crippen LogP contribution is 2.31. The molecule has 41 heavy (non-hydrogen) atoms. The van der Waals surface area contributed by atoms with Crippen LogP contribution < -0.4 is 10.4 Å². The van der Waals surface area contributed by atoms with Gasteiger partial charge in [0.1, 0.15) is 5.75 Å². The summed E-state index contributed by atoms with van der Waals surface area (Å²) in [6, 6.07) is 28.9. The number of fused-ring (bicyclic) bond motifs is 1. The first-order valence-electron chi connectivity index (χ1n) is 13.0. The molecule has 4 aromatic carbocycles. The number of thiazole rings is 1. The van der Waals surface area contributed by atoms with Gasteiger partial charge < -0.3 is 5.11 Å². The maximum absolute atomic E-state index is 13.6. The number of phenolic OH excluding ortho intramolecular Hbond substituents is 1. The molecule has 0 aliphatic carbocycles. The number of phenols is 1. The van der Waals surface area contributed by atoms with E-state index in [1.54, 1.807) is 9.36 Å². The van der Waals surface area contributed by atoms with Crippen molar-refractivity contribution in [1.29, 1.82) is 0 Å². The quantitative estimate of drug-likeness (QED) is 0.207. The zero-order valence-electron chi connectivity index (χ0n) is 22.6. The molecule has 0 saturated heterocycles. The lowest BCUT2D eigenvalue weighted by atomic mass is 10.0. The van der Waals surface area contributed by atoms with E-state index >= 15 is 0 Å². The standard InChI is InChI=1S/C32H26BrN5O2S/c1-20(24-18-17-22-11-7-8-14-25(22)30(24)39)35-37-28(26-15-9-10-16-27(26)33)19-41-32(37)34-29-21(2)36(3)38(31(29)40)23-12-5-4-6-13-23/h4-19,39H,1-3H3. The predicted molar refractivity (Wildman–Crippen MR) is 170 cm³/mol. The minimum absolute atomic E-state index is 0.172. The lowest BCUT2D eigenvalue weighted by molar-refractivity contribution is 0.480. The van der Waals surface area contributed by atoms with Gasteiger partial charge in [0.25, 0.3) is 5.56 Å². The molecule has 0 saturated carbocycles. The summed E-state index contributed by atoms with van der Waals surface area (Å²) in [6.07, 6.45) is 0. The van der Waals surface area contributed by atoms with Gasteiger partial charge in [0, 0.05) is 33.4 Å². The number of benzene rings is 4. The van der Waals surface area contributed by atoms with Crippen LogP contribution in [0.5, 0.6) is 5.75 Å². The predicted octanol–water partition coefficient (Wildman–Crippen LogP) is 7.14. The van der Waals surface area contributed by atoms with E-state index in [1.165, 1.54) is 11.3 Å². The second-order valence-electron chi connectivity index (χ2n) is 9.59. The van der Waals surface area contributed by atoms with Gasteiger partial charge in [-0.05, 0) is 43.5 Å². The summed E-state index contributed by atoms with van der Waals surface area (Å²) >= 11 is 5.07. The molecule has 0 amide bonds. The number of halogens is 1. The Labute approximate surface area is 248 Å². The fraction of sp³-hybridized carbons (Fsp3) is 0.0938. The average Bonchev–Trinajstić information content (AvgIpc) is 3.46. The van der Waals surface area contributed by atoms with Crippen molar-refractivity contribution in [3.05, 3.63) is 127 Å². The summed E-state index contributed by atoms with van der Waals surface area (Å²) in [6.45, 7) is 3.74. The highest BCUT2D eigenvalue weighted by Gasteiger charge is 2.18. The lowest BCUT2D eigenvalue weighted by Gasteiger charge is -2.10. The van der Waals surface area contributed by atoms with Crippen molar-refractivity contribution in [2.45, 2.75) is 13.8 Å². The molecule has 6 aromatic rings. The van der Waals surface area contributed by atoms with Crippen LogP contribution in [-0.4, -0.2) is 24.9 Å². The molecule has 0 fully saturated rings. The molecular weight excluding hydrogens is 598 g/mol. The fourth-order valence-corrected chi connectivity index (χ4v) is 6.17. The topological polar surface area (TPSA) is 76.8 Å². The van der Waals surface area contributed by atoms with Crippen molar-refractivity contribution in [2.24, 2.45) is 17.1 Å². The van der Waals surface area contributed by atoms with Crippen molar-refractivity contribution in [1.82, 2.24) is 14.0 Å². The van der Waals surface area contributed by atoms with Crippen LogP contribution >= 0.6 is 27.3 Å². The van der Waals surface area contributed by atoms with Crippen LogP contribution in [0.1, 0.15) is 18.2 Å². The molecule has 0 atom stereocenters. The van der Waals surface area contributed by atoms with E-state index in [2.05, 4.69) is 15.9 Å². The Balaban J connectivity index is 1.58. The molecule has 7 nitrogen and oxygen atoms in total. The van der Waals surface area contributed by atoms with Crippen LogP contribution in [-0.2, 0) is 7.05 Å². The molecule has 2 aromatic heterocycles. The summed E-state index contributed by atoms with van der Waals surface area (Å²) in [5.41, 5.74) is 4.57. The number of aromatic nitrogens is 3.